The van der Waals surface area contributed by atoms with Crippen molar-refractivity contribution in [3.8, 4) is 11.4 Å². The molecule has 0 aliphatic carbocycles. The van der Waals surface area contributed by atoms with Crippen LogP contribution < -0.4 is 5.32 Å². The number of carbonyl (C=O) groups is 1. The number of carbonyl (C=O) groups excluding carboxylic acids is 1. The van der Waals surface area contributed by atoms with Gasteiger partial charge >= 0.3 is 5.97 Å². The highest BCUT2D eigenvalue weighted by atomic mass is 16.5. The van der Waals surface area contributed by atoms with Crippen molar-refractivity contribution in [2.24, 2.45) is 7.05 Å². The minimum absolute atomic E-state index is 0.184. The van der Waals surface area contributed by atoms with E-state index in [9.17, 15) is 4.79 Å². The van der Waals surface area contributed by atoms with Gasteiger partial charge in [-0.05, 0) is 25.5 Å². The molecule has 0 saturated carbocycles. The Morgan fingerprint density at radius 1 is 1.28 bits per heavy atom. The van der Waals surface area contributed by atoms with Crippen LogP contribution in [0.15, 0.2) is 30.7 Å². The number of hydrogen-bond acceptors (Lipinski definition) is 7. The lowest BCUT2D eigenvalue weighted by Gasteiger charge is -2.09. The molecule has 8 heteroatoms. The summed E-state index contributed by atoms with van der Waals surface area (Å²) in [5.74, 6) is 1.12. The van der Waals surface area contributed by atoms with Crippen LogP contribution in [0.5, 0.6) is 0 Å². The summed E-state index contributed by atoms with van der Waals surface area (Å²) in [7, 11) is 1.84. The highest BCUT2D eigenvalue weighted by molar-refractivity contribution is 5.88. The van der Waals surface area contributed by atoms with E-state index in [-0.39, 0.29) is 5.97 Å². The molecule has 0 atom stereocenters. The van der Waals surface area contributed by atoms with Crippen LogP contribution in [-0.2, 0) is 16.6 Å². The summed E-state index contributed by atoms with van der Waals surface area (Å²) in [4.78, 5) is 24.6. The Labute approximate surface area is 145 Å². The van der Waals surface area contributed by atoms with Crippen molar-refractivity contribution < 1.29 is 9.53 Å². The molecule has 0 amide bonds. The zero-order valence-corrected chi connectivity index (χ0v) is 14.3. The molecule has 3 aromatic heterocycles. The Kier molecular flexibility index (Phi) is 5.17. The lowest BCUT2D eigenvalue weighted by Crippen LogP contribution is -2.10. The van der Waals surface area contributed by atoms with Crippen LogP contribution in [0.25, 0.3) is 22.4 Å². The molecule has 0 unspecified atom stereocenters. The van der Waals surface area contributed by atoms with E-state index in [1.54, 1.807) is 30.2 Å². The quantitative estimate of drug-likeness (QED) is 0.520. The van der Waals surface area contributed by atoms with Crippen molar-refractivity contribution in [3.05, 3.63) is 30.7 Å². The van der Waals surface area contributed by atoms with Crippen LogP contribution in [-0.4, -0.2) is 43.9 Å². The van der Waals surface area contributed by atoms with E-state index in [0.717, 1.165) is 16.6 Å². The standard InChI is InChI=1S/C17H20N6O2/c1-3-25-14(24)5-4-8-19-16-13-11-20-23(2)17(13)22-15(21-16)12-6-9-18-10-7-12/h6-7,9-11H,3-5,8H2,1-2H3,(H,19,21,22). The van der Waals surface area contributed by atoms with Gasteiger partial charge in [-0.3, -0.25) is 14.5 Å². The molecule has 0 bridgehead atoms. The molecule has 3 rings (SSSR count). The predicted octanol–water partition coefficient (Wildman–Crippen LogP) is 2.18. The van der Waals surface area contributed by atoms with Crippen molar-refractivity contribution >= 4 is 22.8 Å². The van der Waals surface area contributed by atoms with Gasteiger partial charge in [-0.2, -0.15) is 5.10 Å². The smallest absolute Gasteiger partial charge is 0.305 e. The summed E-state index contributed by atoms with van der Waals surface area (Å²) >= 11 is 0. The van der Waals surface area contributed by atoms with Gasteiger partial charge in [0, 0.05) is 38.0 Å². The fourth-order valence-electron chi connectivity index (χ4n) is 2.46. The molecule has 25 heavy (non-hydrogen) atoms. The molecular weight excluding hydrogens is 320 g/mol. The molecule has 0 saturated heterocycles. The maximum absolute atomic E-state index is 11.4. The van der Waals surface area contributed by atoms with Crippen LogP contribution in [0.4, 0.5) is 5.82 Å². The van der Waals surface area contributed by atoms with Crippen molar-refractivity contribution in [1.82, 2.24) is 24.7 Å². The highest BCUT2D eigenvalue weighted by Crippen LogP contribution is 2.24. The lowest BCUT2D eigenvalue weighted by molar-refractivity contribution is -0.143. The number of nitrogens with one attached hydrogen (secondary N) is 1. The zero-order valence-electron chi connectivity index (χ0n) is 14.3. The van der Waals surface area contributed by atoms with Gasteiger partial charge in [0.05, 0.1) is 18.2 Å². The minimum atomic E-state index is -0.184. The number of aryl methyl sites for hydroxylation is 1. The number of fused-ring (bicyclic) bond motifs is 1. The third-order valence-electron chi connectivity index (χ3n) is 3.69. The number of ether oxygens (including phenoxy) is 1. The van der Waals surface area contributed by atoms with Gasteiger partial charge in [0.15, 0.2) is 11.5 Å². The van der Waals surface area contributed by atoms with E-state index in [0.29, 0.717) is 37.6 Å². The molecule has 3 heterocycles. The Hall–Kier alpha value is -3.03. The van der Waals surface area contributed by atoms with E-state index in [4.69, 9.17) is 4.74 Å². The van der Waals surface area contributed by atoms with E-state index < -0.39 is 0 Å². The van der Waals surface area contributed by atoms with Gasteiger partial charge in [-0.1, -0.05) is 0 Å². The van der Waals surface area contributed by atoms with Gasteiger partial charge in [0.1, 0.15) is 5.82 Å². The minimum Gasteiger partial charge on any atom is -0.466 e. The van der Waals surface area contributed by atoms with E-state index in [1.165, 1.54) is 0 Å². The fourth-order valence-corrected chi connectivity index (χ4v) is 2.46. The fraction of sp³-hybridized carbons (Fsp3) is 0.353. The Morgan fingerprint density at radius 3 is 2.84 bits per heavy atom. The summed E-state index contributed by atoms with van der Waals surface area (Å²) < 4.78 is 6.65. The van der Waals surface area contributed by atoms with E-state index in [1.807, 2.05) is 19.2 Å². The topological polar surface area (TPSA) is 94.8 Å². The average molecular weight is 340 g/mol. The van der Waals surface area contributed by atoms with Gasteiger partial charge in [-0.15, -0.1) is 0 Å². The number of hydrogen-bond donors (Lipinski definition) is 1. The van der Waals surface area contributed by atoms with Crippen molar-refractivity contribution in [2.45, 2.75) is 19.8 Å². The number of pyridine rings is 1. The van der Waals surface area contributed by atoms with E-state index in [2.05, 4.69) is 25.4 Å². The van der Waals surface area contributed by atoms with Crippen LogP contribution in [0.3, 0.4) is 0 Å². The first kappa shape index (κ1) is 16.8. The third kappa shape index (κ3) is 3.90. The Balaban J connectivity index is 1.80. The first-order chi connectivity index (χ1) is 12.2. The average Bonchev–Trinajstić information content (AvgIpc) is 3.01. The molecule has 0 radical (unpaired) electrons. The molecule has 0 aromatic carbocycles. The predicted molar refractivity (Wildman–Crippen MR) is 93.9 cm³/mol. The third-order valence-corrected chi connectivity index (χ3v) is 3.69. The van der Waals surface area contributed by atoms with Crippen molar-refractivity contribution in [3.63, 3.8) is 0 Å². The van der Waals surface area contributed by atoms with Gasteiger partial charge in [0.25, 0.3) is 0 Å². The Bertz CT molecular complexity index is 862. The molecule has 3 aromatic rings. The van der Waals surface area contributed by atoms with Crippen LogP contribution in [0, 0.1) is 0 Å². The molecule has 8 nitrogen and oxygen atoms in total. The molecule has 0 aliphatic rings. The second kappa shape index (κ2) is 7.69. The molecule has 0 fully saturated rings. The maximum atomic E-state index is 11.4. The first-order valence-corrected chi connectivity index (χ1v) is 8.18. The van der Waals surface area contributed by atoms with Crippen LogP contribution in [0.2, 0.25) is 0 Å². The van der Waals surface area contributed by atoms with Crippen molar-refractivity contribution in [1.29, 1.82) is 0 Å². The number of nitrogens with zero attached hydrogens (tertiary/aromatic N) is 5. The molecule has 1 N–H and O–H groups in total. The SMILES string of the molecule is CCOC(=O)CCCNc1nc(-c2ccncc2)nc2c1cnn2C. The zero-order chi connectivity index (χ0) is 17.6. The van der Waals surface area contributed by atoms with Gasteiger partial charge < -0.3 is 10.1 Å². The van der Waals surface area contributed by atoms with Crippen LogP contribution >= 0.6 is 0 Å². The Morgan fingerprint density at radius 2 is 2.08 bits per heavy atom. The normalized spacial score (nSPS) is 10.8. The number of anilines is 1. The second-order valence-electron chi connectivity index (χ2n) is 5.47. The summed E-state index contributed by atoms with van der Waals surface area (Å²) in [6.45, 7) is 2.82. The molecular formula is C17H20N6O2. The highest BCUT2D eigenvalue weighted by Gasteiger charge is 2.12. The summed E-state index contributed by atoms with van der Waals surface area (Å²) in [5, 5.41) is 8.38. The van der Waals surface area contributed by atoms with Gasteiger partial charge in [0.2, 0.25) is 0 Å². The summed E-state index contributed by atoms with van der Waals surface area (Å²) in [5.41, 5.74) is 1.63. The summed E-state index contributed by atoms with van der Waals surface area (Å²) in [6, 6.07) is 3.73. The second-order valence-corrected chi connectivity index (χ2v) is 5.47. The largest absolute Gasteiger partial charge is 0.466 e. The van der Waals surface area contributed by atoms with Crippen LogP contribution in [0.1, 0.15) is 19.8 Å². The monoisotopic (exact) mass is 340 g/mol. The maximum Gasteiger partial charge on any atom is 0.305 e. The molecule has 0 aliphatic heterocycles. The van der Waals surface area contributed by atoms with E-state index >= 15 is 0 Å². The molecule has 0 spiro atoms. The number of rotatable bonds is 7. The summed E-state index contributed by atoms with van der Waals surface area (Å²) in [6.07, 6.45) is 6.19. The number of esters is 1. The lowest BCUT2D eigenvalue weighted by atomic mass is 10.2. The number of aromatic nitrogens is 5. The molecule has 130 valence electrons. The van der Waals surface area contributed by atoms with Gasteiger partial charge in [-0.25, -0.2) is 9.97 Å². The first-order valence-electron chi connectivity index (χ1n) is 8.18. The van der Waals surface area contributed by atoms with Crippen molar-refractivity contribution in [2.75, 3.05) is 18.5 Å².